The molecule has 0 aliphatic rings. The average molecular weight is 568 g/mol. The van der Waals surface area contributed by atoms with Gasteiger partial charge < -0.3 is 15.4 Å². The van der Waals surface area contributed by atoms with Crippen LogP contribution in [0.2, 0.25) is 0 Å². The summed E-state index contributed by atoms with van der Waals surface area (Å²) in [4.78, 5) is 40.8. The van der Waals surface area contributed by atoms with Crippen molar-refractivity contribution in [2.75, 3.05) is 13.7 Å². The van der Waals surface area contributed by atoms with Crippen molar-refractivity contribution in [2.45, 2.75) is 36.7 Å². The van der Waals surface area contributed by atoms with Crippen LogP contribution in [0.1, 0.15) is 45.5 Å². The zero-order chi connectivity index (χ0) is 29.0. The summed E-state index contributed by atoms with van der Waals surface area (Å²) in [7, 11) is -3.16. The molecule has 0 spiro atoms. The fraction of sp³-hybridized carbons (Fsp3) is 0.259. The minimum Gasteiger partial charge on any atom is -0.467 e. The van der Waals surface area contributed by atoms with E-state index < -0.39 is 28.0 Å². The van der Waals surface area contributed by atoms with Crippen molar-refractivity contribution in [1.82, 2.24) is 15.6 Å². The van der Waals surface area contributed by atoms with Crippen LogP contribution >= 0.6 is 0 Å². The lowest BCUT2D eigenvalue weighted by Gasteiger charge is -2.16. The van der Waals surface area contributed by atoms with Crippen LogP contribution in [-0.2, 0) is 26.2 Å². The number of ether oxygens (including phenoxy) is 1. The summed E-state index contributed by atoms with van der Waals surface area (Å²) < 4.78 is 37.1. The topological polar surface area (TPSA) is 176 Å². The van der Waals surface area contributed by atoms with Crippen LogP contribution in [0.15, 0.2) is 88.1 Å². The first-order valence-corrected chi connectivity index (χ1v) is 13.7. The van der Waals surface area contributed by atoms with Crippen molar-refractivity contribution in [3.63, 3.8) is 0 Å². The molecule has 0 radical (unpaired) electrons. The molecule has 1 atom stereocenters. The van der Waals surface area contributed by atoms with Gasteiger partial charge in [-0.05, 0) is 55.2 Å². The maximum absolute atomic E-state index is 12.7. The predicted octanol–water partition coefficient (Wildman–Crippen LogP) is 3.48. The highest BCUT2D eigenvalue weighted by atomic mass is 32.2. The Kier molecular flexibility index (Phi) is 11.0. The molecule has 3 rings (SSSR count). The summed E-state index contributed by atoms with van der Waals surface area (Å²) in [5.74, 6) is -1.14. The van der Waals surface area contributed by atoms with Gasteiger partial charge in [-0.2, -0.15) is 13.5 Å². The van der Waals surface area contributed by atoms with Crippen molar-refractivity contribution >= 4 is 33.7 Å². The molecule has 1 heterocycles. The molecule has 3 N–H and O–H groups in total. The van der Waals surface area contributed by atoms with Crippen LogP contribution in [0.25, 0.3) is 0 Å². The zero-order valence-electron chi connectivity index (χ0n) is 21.7. The molecule has 3 aromatic rings. The lowest BCUT2D eigenvalue weighted by molar-refractivity contribution is -0.143. The summed E-state index contributed by atoms with van der Waals surface area (Å²) in [6.45, 7) is 0.299. The summed E-state index contributed by atoms with van der Waals surface area (Å²) in [5, 5.41) is 13.3. The summed E-state index contributed by atoms with van der Waals surface area (Å²) in [6.07, 6.45) is 2.72. The minimum absolute atomic E-state index is 0.114. The van der Waals surface area contributed by atoms with Crippen LogP contribution in [0.5, 0.6) is 0 Å². The second-order valence-corrected chi connectivity index (χ2v) is 9.94. The number of benzene rings is 2. The molecule has 0 aliphatic carbocycles. The van der Waals surface area contributed by atoms with Crippen molar-refractivity contribution in [2.24, 2.45) is 10.2 Å². The van der Waals surface area contributed by atoms with Crippen LogP contribution in [-0.4, -0.2) is 55.4 Å². The maximum Gasteiger partial charge on any atom is 0.328 e. The van der Waals surface area contributed by atoms with Gasteiger partial charge in [-0.3, -0.25) is 14.1 Å². The molecule has 2 aromatic carbocycles. The Morgan fingerprint density at radius 2 is 1.68 bits per heavy atom. The Morgan fingerprint density at radius 3 is 2.35 bits per heavy atom. The molecule has 12 nitrogen and oxygen atoms in total. The van der Waals surface area contributed by atoms with Gasteiger partial charge in [0.15, 0.2) is 5.82 Å². The Hall–Kier alpha value is -4.49. The van der Waals surface area contributed by atoms with Crippen molar-refractivity contribution in [3.8, 4) is 0 Å². The Morgan fingerprint density at radius 1 is 0.950 bits per heavy atom. The van der Waals surface area contributed by atoms with E-state index in [0.717, 1.165) is 0 Å². The van der Waals surface area contributed by atoms with Gasteiger partial charge in [0.25, 0.3) is 21.9 Å². The standard InChI is InChI=1S/C27H29N5O7S/c1-39-27(35)22(12-7-8-16-28-25(33)19-9-3-2-4-10-19)31-26(34)21-14-15-24(29-17-21)32-30-18-20-11-5-6-13-23(20)40(36,37)38/h2-6,9-11,13-15,17,22H,7-8,12,16,18H2,1H3,(H,28,33)(H,31,34)(H,36,37,38). The van der Waals surface area contributed by atoms with E-state index in [-0.39, 0.29) is 34.3 Å². The second kappa shape index (κ2) is 14.6. The van der Waals surface area contributed by atoms with E-state index in [4.69, 9.17) is 4.74 Å². The predicted molar refractivity (Wildman–Crippen MR) is 145 cm³/mol. The van der Waals surface area contributed by atoms with Crippen LogP contribution < -0.4 is 10.6 Å². The van der Waals surface area contributed by atoms with Gasteiger partial charge in [-0.25, -0.2) is 9.78 Å². The third-order valence-electron chi connectivity index (χ3n) is 5.71. The van der Waals surface area contributed by atoms with Crippen molar-refractivity contribution in [3.05, 3.63) is 89.6 Å². The molecule has 0 bridgehead atoms. The number of carbonyl (C=O) groups is 3. The summed E-state index contributed by atoms with van der Waals surface area (Å²) in [5.41, 5.74) is 1.00. The summed E-state index contributed by atoms with van der Waals surface area (Å²) >= 11 is 0. The van der Waals surface area contributed by atoms with E-state index in [1.807, 2.05) is 6.07 Å². The Labute approximate surface area is 231 Å². The fourth-order valence-corrected chi connectivity index (χ4v) is 4.36. The number of nitrogens with zero attached hydrogens (tertiary/aromatic N) is 3. The largest absolute Gasteiger partial charge is 0.467 e. The lowest BCUT2D eigenvalue weighted by atomic mass is 10.1. The SMILES string of the molecule is COC(=O)C(CCCCNC(=O)c1ccccc1)NC(=O)c1ccc(N=NCc2ccccc2S(=O)(=O)O)nc1. The van der Waals surface area contributed by atoms with E-state index >= 15 is 0 Å². The molecule has 0 aliphatic heterocycles. The van der Waals surface area contributed by atoms with Gasteiger partial charge in [0.1, 0.15) is 6.04 Å². The number of aromatic nitrogens is 1. The molecule has 40 heavy (non-hydrogen) atoms. The number of pyridine rings is 1. The molecule has 2 amide bonds. The highest BCUT2D eigenvalue weighted by Gasteiger charge is 2.22. The number of methoxy groups -OCH3 is 1. The van der Waals surface area contributed by atoms with Crippen LogP contribution in [0.4, 0.5) is 5.82 Å². The number of carbonyl (C=O) groups excluding carboxylic acids is 3. The zero-order valence-corrected chi connectivity index (χ0v) is 22.5. The van der Waals surface area contributed by atoms with Gasteiger partial charge in [0, 0.05) is 18.3 Å². The van der Waals surface area contributed by atoms with Crippen molar-refractivity contribution in [1.29, 1.82) is 0 Å². The summed E-state index contributed by atoms with van der Waals surface area (Å²) in [6, 6.07) is 16.7. The number of nitrogens with one attached hydrogen (secondary N) is 2. The highest BCUT2D eigenvalue weighted by Crippen LogP contribution is 2.17. The maximum atomic E-state index is 12.7. The monoisotopic (exact) mass is 567 g/mol. The first-order chi connectivity index (χ1) is 19.2. The highest BCUT2D eigenvalue weighted by molar-refractivity contribution is 7.85. The first kappa shape index (κ1) is 30.1. The Balaban J connectivity index is 1.50. The second-order valence-electron chi connectivity index (χ2n) is 8.55. The van der Waals surface area contributed by atoms with E-state index in [1.54, 1.807) is 30.3 Å². The molecule has 13 heteroatoms. The van der Waals surface area contributed by atoms with Gasteiger partial charge >= 0.3 is 5.97 Å². The molecular weight excluding hydrogens is 538 g/mol. The first-order valence-electron chi connectivity index (χ1n) is 12.3. The number of hydrogen-bond donors (Lipinski definition) is 3. The van der Waals surface area contributed by atoms with Crippen LogP contribution in [0, 0.1) is 0 Å². The Bertz CT molecular complexity index is 1450. The van der Waals surface area contributed by atoms with Gasteiger partial charge in [0.05, 0.1) is 24.1 Å². The number of hydrogen-bond acceptors (Lipinski definition) is 9. The smallest absolute Gasteiger partial charge is 0.328 e. The van der Waals surface area contributed by atoms with E-state index in [9.17, 15) is 27.4 Å². The lowest BCUT2D eigenvalue weighted by Crippen LogP contribution is -2.41. The molecule has 0 fully saturated rings. The van der Waals surface area contributed by atoms with Gasteiger partial charge in [-0.1, -0.05) is 36.4 Å². The number of amides is 2. The molecule has 1 unspecified atom stereocenters. The molecule has 0 saturated heterocycles. The van der Waals surface area contributed by atoms with E-state index in [0.29, 0.717) is 31.4 Å². The normalized spacial score (nSPS) is 12.1. The molecule has 0 saturated carbocycles. The number of esters is 1. The van der Waals surface area contributed by atoms with E-state index in [1.165, 1.54) is 43.6 Å². The third-order valence-corrected chi connectivity index (χ3v) is 6.66. The number of azo groups is 1. The van der Waals surface area contributed by atoms with Gasteiger partial charge in [0.2, 0.25) is 0 Å². The molecular formula is C27H29N5O7S. The van der Waals surface area contributed by atoms with Crippen LogP contribution in [0.3, 0.4) is 0 Å². The van der Waals surface area contributed by atoms with Gasteiger partial charge in [-0.15, -0.1) is 5.11 Å². The van der Waals surface area contributed by atoms with Crippen molar-refractivity contribution < 1.29 is 32.1 Å². The number of rotatable bonds is 13. The fourth-order valence-electron chi connectivity index (χ4n) is 3.65. The average Bonchev–Trinajstić information content (AvgIpc) is 2.96. The quantitative estimate of drug-likeness (QED) is 0.122. The number of unbranched alkanes of at least 4 members (excludes halogenated alkanes) is 1. The minimum atomic E-state index is -4.40. The third kappa shape index (κ3) is 9.06. The molecule has 1 aromatic heterocycles. The molecule has 210 valence electrons. The van der Waals surface area contributed by atoms with E-state index in [2.05, 4.69) is 25.8 Å².